The lowest BCUT2D eigenvalue weighted by Gasteiger charge is -2.17. The molecule has 1 aromatic rings. The van der Waals surface area contributed by atoms with E-state index in [9.17, 15) is 4.79 Å². The number of carbonyl (C=O) groups excluding carboxylic acids is 1. The molecule has 0 aliphatic carbocycles. The van der Waals surface area contributed by atoms with Crippen LogP contribution in [0.5, 0.6) is 0 Å². The van der Waals surface area contributed by atoms with Gasteiger partial charge in [-0.15, -0.1) is 0 Å². The first kappa shape index (κ1) is 13.0. The van der Waals surface area contributed by atoms with E-state index < -0.39 is 0 Å². The monoisotopic (exact) mass is 249 g/mol. The number of anilines is 1. The molecule has 1 amide bonds. The normalized spacial score (nSPS) is 23.0. The highest BCUT2D eigenvalue weighted by atomic mass is 16.5. The van der Waals surface area contributed by atoms with Gasteiger partial charge >= 0.3 is 0 Å². The first-order valence-corrected chi connectivity index (χ1v) is 6.26. The third kappa shape index (κ3) is 3.05. The third-order valence-corrected chi connectivity index (χ3v) is 3.02. The van der Waals surface area contributed by atoms with Gasteiger partial charge in [0.25, 0.3) is 0 Å². The number of aryl methyl sites for hydroxylation is 1. The minimum Gasteiger partial charge on any atom is -0.379 e. The molecule has 1 aliphatic rings. The Labute approximate surface area is 107 Å². The van der Waals surface area contributed by atoms with Gasteiger partial charge in [-0.25, -0.2) is 4.98 Å². The average Bonchev–Trinajstić information content (AvgIpc) is 2.78. The minimum absolute atomic E-state index is 0.0310. The van der Waals surface area contributed by atoms with Gasteiger partial charge in [-0.2, -0.15) is 0 Å². The van der Waals surface area contributed by atoms with Gasteiger partial charge in [0.15, 0.2) is 0 Å². The van der Waals surface area contributed by atoms with Gasteiger partial charge in [0, 0.05) is 11.7 Å². The van der Waals surface area contributed by atoms with E-state index in [2.05, 4.69) is 15.6 Å². The molecule has 1 aliphatic heterocycles. The molecule has 18 heavy (non-hydrogen) atoms. The Morgan fingerprint density at radius 2 is 2.33 bits per heavy atom. The van der Waals surface area contributed by atoms with Crippen LogP contribution in [0.1, 0.15) is 12.6 Å². The van der Waals surface area contributed by atoms with Crippen LogP contribution in [0.15, 0.2) is 18.2 Å². The van der Waals surface area contributed by atoms with Gasteiger partial charge in [-0.3, -0.25) is 4.79 Å². The first-order chi connectivity index (χ1) is 8.70. The molecule has 5 nitrogen and oxygen atoms in total. The summed E-state index contributed by atoms with van der Waals surface area (Å²) < 4.78 is 5.36. The van der Waals surface area contributed by atoms with Crippen LogP contribution in [0.2, 0.25) is 0 Å². The quantitative estimate of drug-likeness (QED) is 0.834. The number of nitrogens with zero attached hydrogens (tertiary/aromatic N) is 1. The molecular weight excluding hydrogens is 230 g/mol. The fourth-order valence-electron chi connectivity index (χ4n) is 2.11. The summed E-state index contributed by atoms with van der Waals surface area (Å²) in [6, 6.07) is 5.67. The summed E-state index contributed by atoms with van der Waals surface area (Å²) in [6.45, 7) is 5.81. The van der Waals surface area contributed by atoms with E-state index in [1.165, 1.54) is 0 Å². The molecule has 0 radical (unpaired) electrons. The van der Waals surface area contributed by atoms with Crippen LogP contribution in [0, 0.1) is 12.8 Å². The second-order valence-electron chi connectivity index (χ2n) is 4.46. The van der Waals surface area contributed by atoms with Gasteiger partial charge in [0.1, 0.15) is 5.82 Å². The van der Waals surface area contributed by atoms with Crippen LogP contribution < -0.4 is 10.6 Å². The molecular formula is C13H19N3O2. The molecule has 1 aromatic heterocycles. The Balaban J connectivity index is 1.99. The van der Waals surface area contributed by atoms with Crippen molar-refractivity contribution in [3.63, 3.8) is 0 Å². The maximum absolute atomic E-state index is 12.1. The van der Waals surface area contributed by atoms with E-state index >= 15 is 0 Å². The molecule has 0 saturated carbocycles. The van der Waals surface area contributed by atoms with Crippen molar-refractivity contribution in [3.8, 4) is 0 Å². The molecule has 2 N–H and O–H groups in total. The number of aromatic nitrogens is 1. The Morgan fingerprint density at radius 3 is 3.06 bits per heavy atom. The van der Waals surface area contributed by atoms with E-state index in [-0.39, 0.29) is 17.9 Å². The van der Waals surface area contributed by atoms with Crippen LogP contribution in [0.3, 0.4) is 0 Å². The van der Waals surface area contributed by atoms with Gasteiger partial charge in [-0.05, 0) is 25.6 Å². The molecule has 2 heterocycles. The number of hydrogen-bond acceptors (Lipinski definition) is 4. The number of pyridine rings is 1. The largest absolute Gasteiger partial charge is 0.379 e. The lowest BCUT2D eigenvalue weighted by atomic mass is 10.0. The van der Waals surface area contributed by atoms with Crippen molar-refractivity contribution >= 4 is 11.7 Å². The highest BCUT2D eigenvalue weighted by Crippen LogP contribution is 2.16. The fraction of sp³-hybridized carbons (Fsp3) is 0.538. The number of amides is 1. The second-order valence-corrected chi connectivity index (χ2v) is 4.46. The van der Waals surface area contributed by atoms with E-state index in [1.54, 1.807) is 6.07 Å². The van der Waals surface area contributed by atoms with Gasteiger partial charge < -0.3 is 15.4 Å². The van der Waals surface area contributed by atoms with Crippen LogP contribution in [-0.2, 0) is 9.53 Å². The number of carbonyl (C=O) groups is 1. The van der Waals surface area contributed by atoms with E-state index in [0.29, 0.717) is 19.0 Å². The zero-order valence-electron chi connectivity index (χ0n) is 10.8. The van der Waals surface area contributed by atoms with E-state index in [4.69, 9.17) is 4.74 Å². The molecule has 2 atom stereocenters. The maximum atomic E-state index is 12.1. The standard InChI is InChI=1S/C13H19N3O2/c1-3-14-11-8-18-7-10(11)13(17)16-12-6-4-5-9(2)15-12/h4-6,10-11,14H,3,7-8H2,1-2H3,(H,15,16,17). The molecule has 1 saturated heterocycles. The lowest BCUT2D eigenvalue weighted by molar-refractivity contribution is -0.120. The lowest BCUT2D eigenvalue weighted by Crippen LogP contribution is -2.41. The minimum atomic E-state index is -0.146. The fourth-order valence-corrected chi connectivity index (χ4v) is 2.11. The molecule has 0 aromatic carbocycles. The van der Waals surface area contributed by atoms with Crippen molar-refractivity contribution in [1.82, 2.24) is 10.3 Å². The van der Waals surface area contributed by atoms with Crippen molar-refractivity contribution in [2.75, 3.05) is 25.1 Å². The number of likely N-dealkylation sites (N-methyl/N-ethyl adjacent to an activating group) is 1. The van der Waals surface area contributed by atoms with Gasteiger partial charge in [0.2, 0.25) is 5.91 Å². The molecule has 2 rings (SSSR count). The number of nitrogens with one attached hydrogen (secondary N) is 2. The summed E-state index contributed by atoms with van der Waals surface area (Å²) in [6.07, 6.45) is 0. The predicted octanol–water partition coefficient (Wildman–Crippen LogP) is 0.953. The Kier molecular flexibility index (Phi) is 4.28. The zero-order valence-corrected chi connectivity index (χ0v) is 10.8. The molecule has 2 unspecified atom stereocenters. The Bertz CT molecular complexity index is 422. The third-order valence-electron chi connectivity index (χ3n) is 3.02. The SMILES string of the molecule is CCNC1COCC1C(=O)Nc1cccc(C)n1. The van der Waals surface area contributed by atoms with Crippen molar-refractivity contribution in [1.29, 1.82) is 0 Å². The summed E-state index contributed by atoms with van der Waals surface area (Å²) >= 11 is 0. The molecule has 1 fully saturated rings. The predicted molar refractivity (Wildman–Crippen MR) is 69.4 cm³/mol. The number of rotatable bonds is 4. The van der Waals surface area contributed by atoms with Crippen molar-refractivity contribution in [2.45, 2.75) is 19.9 Å². The molecule has 98 valence electrons. The summed E-state index contributed by atoms with van der Waals surface area (Å²) in [5.74, 6) is 0.422. The van der Waals surface area contributed by atoms with Crippen LogP contribution in [0.25, 0.3) is 0 Å². The smallest absolute Gasteiger partial charge is 0.232 e. The van der Waals surface area contributed by atoms with Gasteiger partial charge in [0.05, 0.1) is 19.1 Å². The highest BCUT2D eigenvalue weighted by Gasteiger charge is 2.33. The summed E-state index contributed by atoms with van der Waals surface area (Å²) in [7, 11) is 0. The van der Waals surface area contributed by atoms with Gasteiger partial charge in [-0.1, -0.05) is 13.0 Å². The highest BCUT2D eigenvalue weighted by molar-refractivity contribution is 5.92. The van der Waals surface area contributed by atoms with Crippen LogP contribution >= 0.6 is 0 Å². The first-order valence-electron chi connectivity index (χ1n) is 6.26. The zero-order chi connectivity index (χ0) is 13.0. The number of hydrogen-bond donors (Lipinski definition) is 2. The Morgan fingerprint density at radius 1 is 1.50 bits per heavy atom. The summed E-state index contributed by atoms with van der Waals surface area (Å²) in [5, 5.41) is 6.11. The van der Waals surface area contributed by atoms with Crippen molar-refractivity contribution < 1.29 is 9.53 Å². The molecule has 0 spiro atoms. The molecule has 0 bridgehead atoms. The van der Waals surface area contributed by atoms with Crippen LogP contribution in [-0.4, -0.2) is 36.7 Å². The second kappa shape index (κ2) is 5.93. The van der Waals surface area contributed by atoms with Crippen LogP contribution in [0.4, 0.5) is 5.82 Å². The van der Waals surface area contributed by atoms with Crippen molar-refractivity contribution in [2.24, 2.45) is 5.92 Å². The van der Waals surface area contributed by atoms with E-state index in [1.807, 2.05) is 26.0 Å². The topological polar surface area (TPSA) is 63.2 Å². The maximum Gasteiger partial charge on any atom is 0.232 e. The average molecular weight is 249 g/mol. The van der Waals surface area contributed by atoms with E-state index in [0.717, 1.165) is 12.2 Å². The Hall–Kier alpha value is -1.46. The molecule has 5 heteroatoms. The van der Waals surface area contributed by atoms with Crippen molar-refractivity contribution in [3.05, 3.63) is 23.9 Å². The number of ether oxygens (including phenoxy) is 1. The summed E-state index contributed by atoms with van der Waals surface area (Å²) in [5.41, 5.74) is 0.888. The summed E-state index contributed by atoms with van der Waals surface area (Å²) in [4.78, 5) is 16.4.